The highest BCUT2D eigenvalue weighted by Gasteiger charge is 2.18. The lowest BCUT2D eigenvalue weighted by Crippen LogP contribution is -2.42. The number of nitrogen functional groups attached to an aromatic ring is 1. The number of hydrogen-bond donors (Lipinski definition) is 4. The van der Waals surface area contributed by atoms with E-state index in [-0.39, 0.29) is 23.7 Å². The number of carbonyl (C=O) groups is 2. The third kappa shape index (κ3) is 6.14. The number of aromatic amines is 1. The number of amides is 2. The lowest BCUT2D eigenvalue weighted by Gasteiger charge is -2.21. The Hall–Kier alpha value is -3.70. The molecule has 0 bridgehead atoms. The molecule has 2 rings (SSSR count). The van der Waals surface area contributed by atoms with Crippen molar-refractivity contribution >= 4 is 29.0 Å². The Bertz CT molecular complexity index is 1080. The number of unbranched alkanes of at least 4 members (excludes halogenated alkanes) is 1. The molecule has 2 amide bonds. The van der Waals surface area contributed by atoms with Gasteiger partial charge in [0.15, 0.2) is 11.6 Å². The van der Waals surface area contributed by atoms with Crippen LogP contribution in [0.1, 0.15) is 19.8 Å². The summed E-state index contributed by atoms with van der Waals surface area (Å²) in [4.78, 5) is 51.7. The van der Waals surface area contributed by atoms with Crippen molar-refractivity contribution in [2.24, 2.45) is 0 Å². The van der Waals surface area contributed by atoms with Gasteiger partial charge in [-0.1, -0.05) is 13.3 Å². The van der Waals surface area contributed by atoms with Gasteiger partial charge in [-0.15, -0.1) is 0 Å². The maximum Gasteiger partial charge on any atom is 0.330 e. The van der Waals surface area contributed by atoms with Gasteiger partial charge in [-0.3, -0.25) is 23.9 Å². The van der Waals surface area contributed by atoms with Crippen molar-refractivity contribution < 1.29 is 18.4 Å². The zero-order valence-corrected chi connectivity index (χ0v) is 17.1. The van der Waals surface area contributed by atoms with Gasteiger partial charge in [-0.25, -0.2) is 13.6 Å². The number of hydrogen-bond acceptors (Lipinski definition) is 6. The van der Waals surface area contributed by atoms with E-state index in [1.807, 2.05) is 6.92 Å². The zero-order valence-electron chi connectivity index (χ0n) is 17.1. The average molecular weight is 438 g/mol. The first-order chi connectivity index (χ1) is 14.6. The van der Waals surface area contributed by atoms with E-state index in [1.165, 1.54) is 22.6 Å². The number of nitrogens with one attached hydrogen (secondary N) is 3. The number of carbonyl (C=O) groups excluding carboxylic acids is 2. The predicted octanol–water partition coefficient (Wildman–Crippen LogP) is 0.388. The summed E-state index contributed by atoms with van der Waals surface area (Å²) >= 11 is 0. The number of halogens is 2. The fourth-order valence-corrected chi connectivity index (χ4v) is 2.79. The minimum atomic E-state index is -1.12. The number of H-pyrrole nitrogens is 1. The highest BCUT2D eigenvalue weighted by atomic mass is 19.2. The van der Waals surface area contributed by atoms with Crippen LogP contribution < -0.4 is 32.5 Å². The van der Waals surface area contributed by atoms with Gasteiger partial charge in [0.05, 0.1) is 13.1 Å². The number of aromatic nitrogens is 2. The highest BCUT2D eigenvalue weighted by Crippen LogP contribution is 2.15. The smallest absolute Gasteiger partial charge is 0.330 e. The Morgan fingerprint density at radius 3 is 2.55 bits per heavy atom. The summed E-state index contributed by atoms with van der Waals surface area (Å²) in [5.74, 6) is -3.50. The molecule has 1 aromatic carbocycles. The molecule has 0 radical (unpaired) electrons. The quantitative estimate of drug-likeness (QED) is 0.446. The zero-order chi connectivity index (χ0) is 23.1. The van der Waals surface area contributed by atoms with Crippen LogP contribution in [0.4, 0.5) is 26.0 Å². The first-order valence-corrected chi connectivity index (χ1v) is 9.49. The third-order valence-electron chi connectivity index (χ3n) is 4.36. The number of benzene rings is 1. The predicted molar refractivity (Wildman–Crippen MR) is 112 cm³/mol. The Kier molecular flexibility index (Phi) is 7.88. The van der Waals surface area contributed by atoms with E-state index in [2.05, 4.69) is 15.6 Å². The van der Waals surface area contributed by atoms with Crippen LogP contribution in [0.3, 0.4) is 0 Å². The number of anilines is 3. The summed E-state index contributed by atoms with van der Waals surface area (Å²) in [5, 5.41) is 4.66. The summed E-state index contributed by atoms with van der Waals surface area (Å²) < 4.78 is 27.3. The molecule has 31 heavy (non-hydrogen) atoms. The fourth-order valence-electron chi connectivity index (χ4n) is 2.79. The molecule has 1 heterocycles. The van der Waals surface area contributed by atoms with Gasteiger partial charge in [0.1, 0.15) is 11.5 Å². The fraction of sp³-hybridized carbons (Fsp3) is 0.368. The molecule has 0 saturated carbocycles. The third-order valence-corrected chi connectivity index (χ3v) is 4.36. The molecular weight excluding hydrogens is 414 g/mol. The van der Waals surface area contributed by atoms with Crippen LogP contribution in [0.2, 0.25) is 0 Å². The lowest BCUT2D eigenvalue weighted by molar-refractivity contribution is -0.123. The molecule has 0 spiro atoms. The van der Waals surface area contributed by atoms with Crippen molar-refractivity contribution in [3.8, 4) is 0 Å². The van der Waals surface area contributed by atoms with Crippen LogP contribution in [-0.2, 0) is 16.1 Å². The van der Waals surface area contributed by atoms with E-state index in [0.29, 0.717) is 13.0 Å². The van der Waals surface area contributed by atoms with E-state index in [1.54, 1.807) is 0 Å². The Morgan fingerprint density at radius 1 is 1.19 bits per heavy atom. The van der Waals surface area contributed by atoms with Crippen molar-refractivity contribution in [2.45, 2.75) is 26.3 Å². The van der Waals surface area contributed by atoms with Gasteiger partial charge in [0.25, 0.3) is 5.56 Å². The van der Waals surface area contributed by atoms with Crippen molar-refractivity contribution in [3.05, 3.63) is 50.7 Å². The molecule has 0 atom stereocenters. The molecule has 0 unspecified atom stereocenters. The van der Waals surface area contributed by atoms with Gasteiger partial charge < -0.3 is 21.3 Å². The van der Waals surface area contributed by atoms with Crippen molar-refractivity contribution in [2.75, 3.05) is 36.1 Å². The molecule has 5 N–H and O–H groups in total. The minimum absolute atomic E-state index is 0.0314. The summed E-state index contributed by atoms with van der Waals surface area (Å²) in [5.41, 5.74) is 4.60. The van der Waals surface area contributed by atoms with Crippen LogP contribution in [0.15, 0.2) is 27.8 Å². The second kappa shape index (κ2) is 10.4. The lowest BCUT2D eigenvalue weighted by atomic mass is 10.3. The summed E-state index contributed by atoms with van der Waals surface area (Å²) in [7, 11) is 1.44. The average Bonchev–Trinajstić information content (AvgIpc) is 2.69. The van der Waals surface area contributed by atoms with Gasteiger partial charge in [-0.05, 0) is 18.6 Å². The van der Waals surface area contributed by atoms with Gasteiger partial charge in [0, 0.05) is 25.3 Å². The molecule has 0 aliphatic carbocycles. The number of nitrogens with zero attached hydrogens (tertiary/aromatic N) is 2. The van der Waals surface area contributed by atoms with Crippen molar-refractivity contribution in [1.29, 1.82) is 0 Å². The topological polar surface area (TPSA) is 142 Å². The normalized spacial score (nSPS) is 10.6. The number of likely N-dealkylation sites (N-methyl/N-ethyl adjacent to an activating group) is 1. The van der Waals surface area contributed by atoms with E-state index < -0.39 is 41.2 Å². The first-order valence-electron chi connectivity index (χ1n) is 9.49. The molecule has 0 aliphatic heterocycles. The molecule has 0 fully saturated rings. The van der Waals surface area contributed by atoms with Crippen LogP contribution in [-0.4, -0.2) is 41.5 Å². The Balaban J connectivity index is 1.99. The van der Waals surface area contributed by atoms with Crippen LogP contribution >= 0.6 is 0 Å². The highest BCUT2D eigenvalue weighted by molar-refractivity contribution is 5.95. The van der Waals surface area contributed by atoms with Gasteiger partial charge in [0.2, 0.25) is 11.8 Å². The number of nitrogens with two attached hydrogens (primary N) is 1. The largest absolute Gasteiger partial charge is 0.383 e. The molecule has 168 valence electrons. The van der Waals surface area contributed by atoms with Crippen LogP contribution in [0.25, 0.3) is 0 Å². The summed E-state index contributed by atoms with van der Waals surface area (Å²) in [6.07, 6.45) is 1.48. The van der Waals surface area contributed by atoms with Crippen LogP contribution in [0, 0.1) is 11.6 Å². The SMILES string of the molecule is CCCCn1c(N)c(N(C)CC(=O)NCC(=O)Nc2ccc(F)c(F)c2)c(=O)[nH]c1=O. The molecule has 1 aromatic heterocycles. The maximum atomic E-state index is 13.2. The molecule has 10 nitrogen and oxygen atoms in total. The second-order valence-corrected chi connectivity index (χ2v) is 6.81. The van der Waals surface area contributed by atoms with E-state index >= 15 is 0 Å². The van der Waals surface area contributed by atoms with Gasteiger partial charge in [-0.2, -0.15) is 0 Å². The Labute approximate surface area is 176 Å². The van der Waals surface area contributed by atoms with Crippen molar-refractivity contribution in [1.82, 2.24) is 14.9 Å². The van der Waals surface area contributed by atoms with Crippen LogP contribution in [0.5, 0.6) is 0 Å². The van der Waals surface area contributed by atoms with E-state index in [0.717, 1.165) is 18.6 Å². The molecular formula is C19H24F2N6O4. The molecule has 12 heteroatoms. The van der Waals surface area contributed by atoms with Gasteiger partial charge >= 0.3 is 5.69 Å². The summed E-state index contributed by atoms with van der Waals surface area (Å²) in [6.45, 7) is 1.49. The maximum absolute atomic E-state index is 13.2. The van der Waals surface area contributed by atoms with E-state index in [4.69, 9.17) is 5.73 Å². The Morgan fingerprint density at radius 2 is 1.90 bits per heavy atom. The molecule has 0 saturated heterocycles. The standard InChI is InChI=1S/C19H24F2N6O4/c1-3-4-7-27-17(22)16(18(30)25-19(27)31)26(2)10-15(29)23-9-14(28)24-11-5-6-12(20)13(21)8-11/h5-6,8H,3-4,7,9-10,22H2,1-2H3,(H,23,29)(H,24,28)(H,25,30,31). The molecule has 0 aliphatic rings. The summed E-state index contributed by atoms with van der Waals surface area (Å²) in [6, 6.07) is 2.85. The second-order valence-electron chi connectivity index (χ2n) is 6.81. The number of rotatable bonds is 9. The minimum Gasteiger partial charge on any atom is -0.383 e. The monoisotopic (exact) mass is 438 g/mol. The van der Waals surface area contributed by atoms with E-state index in [9.17, 15) is 28.0 Å². The first kappa shape index (κ1) is 23.6. The van der Waals surface area contributed by atoms with Crippen molar-refractivity contribution in [3.63, 3.8) is 0 Å². The molecule has 2 aromatic rings.